The third kappa shape index (κ3) is 7.26. The topological polar surface area (TPSA) is 84.7 Å². The van der Waals surface area contributed by atoms with Crippen LogP contribution in [0.15, 0.2) is 59.5 Å². The van der Waals surface area contributed by atoms with E-state index < -0.39 is 43.3 Å². The van der Waals surface area contributed by atoms with Crippen LogP contribution in [0.1, 0.15) is 45.9 Å². The van der Waals surface area contributed by atoms with Crippen LogP contribution in [0.4, 0.5) is 4.39 Å². The van der Waals surface area contributed by atoms with Gasteiger partial charge < -0.3 is 14.7 Å². The first kappa shape index (κ1) is 30.1. The van der Waals surface area contributed by atoms with Crippen LogP contribution in [0.5, 0.6) is 0 Å². The molecule has 2 aromatic carbocycles. The highest BCUT2D eigenvalue weighted by Crippen LogP contribution is 2.35. The molecule has 3 aromatic rings. The summed E-state index contributed by atoms with van der Waals surface area (Å²) in [7, 11) is -1.26. The lowest BCUT2D eigenvalue weighted by Gasteiger charge is -2.34. The summed E-state index contributed by atoms with van der Waals surface area (Å²) in [6.45, 7) is 9.54. The van der Waals surface area contributed by atoms with Crippen LogP contribution in [-0.4, -0.2) is 59.1 Å². The molecule has 0 radical (unpaired) electrons. The molecule has 7 nitrogen and oxygen atoms in total. The van der Waals surface area contributed by atoms with Crippen molar-refractivity contribution < 1.29 is 19.0 Å². The van der Waals surface area contributed by atoms with Gasteiger partial charge in [0, 0.05) is 43.9 Å². The molecule has 1 fully saturated rings. The number of hydrogen-bond acceptors (Lipinski definition) is 5. The van der Waals surface area contributed by atoms with E-state index in [4.69, 9.17) is 16.3 Å². The summed E-state index contributed by atoms with van der Waals surface area (Å²) in [5.74, 6) is -1.56. The van der Waals surface area contributed by atoms with E-state index in [2.05, 4.69) is 24.7 Å². The maximum atomic E-state index is 14.2. The number of nitrogens with zero attached hydrogens (tertiary/aromatic N) is 3. The first-order valence-corrected chi connectivity index (χ1v) is 17.7. The van der Waals surface area contributed by atoms with Gasteiger partial charge >= 0.3 is 0 Å². The molecule has 1 aliphatic heterocycles. The zero-order valence-electron chi connectivity index (χ0n) is 23.4. The fourth-order valence-corrected chi connectivity index (χ4v) is 6.01. The van der Waals surface area contributed by atoms with Gasteiger partial charge in [-0.2, -0.15) is 5.10 Å². The minimum absolute atomic E-state index is 0.135. The molecule has 0 unspecified atom stereocenters. The summed E-state index contributed by atoms with van der Waals surface area (Å²) >= 11 is 6.11. The Morgan fingerprint density at radius 3 is 2.60 bits per heavy atom. The van der Waals surface area contributed by atoms with Crippen molar-refractivity contribution in [1.82, 2.24) is 14.7 Å². The Morgan fingerprint density at radius 1 is 1.20 bits per heavy atom. The summed E-state index contributed by atoms with van der Waals surface area (Å²) in [5, 5.41) is 16.6. The number of likely N-dealkylation sites (tertiary alicyclic amines) is 1. The van der Waals surface area contributed by atoms with Crippen molar-refractivity contribution in [3.63, 3.8) is 0 Å². The molecule has 1 amide bonds. The lowest BCUT2D eigenvalue weighted by molar-refractivity contribution is 0.0423. The minimum atomic E-state index is -1.26. The van der Waals surface area contributed by atoms with Crippen LogP contribution in [0.2, 0.25) is 30.7 Å². The van der Waals surface area contributed by atoms with Gasteiger partial charge in [-0.25, -0.2) is 9.07 Å². The predicted octanol–water partition coefficient (Wildman–Crippen LogP) is 5.45. The molecule has 40 heavy (non-hydrogen) atoms. The summed E-state index contributed by atoms with van der Waals surface area (Å²) in [6.07, 6.45) is 1.71. The van der Waals surface area contributed by atoms with Crippen molar-refractivity contribution in [2.45, 2.75) is 70.2 Å². The summed E-state index contributed by atoms with van der Waals surface area (Å²) < 4.78 is 21.5. The van der Waals surface area contributed by atoms with Crippen LogP contribution in [0, 0.1) is 12.7 Å². The number of carbonyl (C=O) groups excluding carboxylic acids is 1. The molecule has 214 valence electrons. The van der Waals surface area contributed by atoms with Crippen molar-refractivity contribution in [3.8, 4) is 0 Å². The summed E-state index contributed by atoms with van der Waals surface area (Å²) in [4.78, 5) is 28.3. The maximum Gasteiger partial charge on any atom is 0.278 e. The SMILES string of the molecule is Cc1cn(COCC[Si](C)(C)C)nc(C(=O)N2CCC[C@@H]2[C@H](O)[C@@H](c2ccc(Cl)cc2)c2cccc(F)c2)c1=O. The van der Waals surface area contributed by atoms with Crippen LogP contribution >= 0.6 is 11.6 Å². The molecule has 4 rings (SSSR count). The van der Waals surface area contributed by atoms with Crippen molar-refractivity contribution in [2.24, 2.45) is 0 Å². The molecule has 2 heterocycles. The van der Waals surface area contributed by atoms with E-state index in [1.165, 1.54) is 21.7 Å². The smallest absolute Gasteiger partial charge is 0.278 e. The van der Waals surface area contributed by atoms with E-state index in [1.807, 2.05) is 0 Å². The fourth-order valence-electron chi connectivity index (χ4n) is 5.13. The first-order valence-electron chi connectivity index (χ1n) is 13.6. The van der Waals surface area contributed by atoms with Crippen molar-refractivity contribution in [2.75, 3.05) is 13.2 Å². The molecule has 0 saturated carbocycles. The highest BCUT2D eigenvalue weighted by Gasteiger charge is 2.40. The molecule has 1 saturated heterocycles. The zero-order valence-corrected chi connectivity index (χ0v) is 25.2. The highest BCUT2D eigenvalue weighted by atomic mass is 35.5. The molecule has 0 bridgehead atoms. The van der Waals surface area contributed by atoms with E-state index >= 15 is 0 Å². The number of aromatic nitrogens is 2. The Labute approximate surface area is 240 Å². The second-order valence-corrected chi connectivity index (χ2v) is 17.7. The van der Waals surface area contributed by atoms with Crippen molar-refractivity contribution in [3.05, 3.63) is 98.2 Å². The molecule has 1 aromatic heterocycles. The van der Waals surface area contributed by atoms with Gasteiger partial charge in [-0.05, 0) is 61.2 Å². The average Bonchev–Trinajstić information content (AvgIpc) is 3.39. The molecule has 3 atom stereocenters. The highest BCUT2D eigenvalue weighted by molar-refractivity contribution is 6.76. The monoisotopic (exact) mass is 585 g/mol. The molecular formula is C30H37ClFN3O4Si. The Balaban J connectivity index is 1.61. The number of aryl methyl sites for hydroxylation is 1. The lowest BCUT2D eigenvalue weighted by atomic mass is 9.82. The van der Waals surface area contributed by atoms with E-state index in [-0.39, 0.29) is 12.4 Å². The Morgan fingerprint density at radius 2 is 1.93 bits per heavy atom. The van der Waals surface area contributed by atoms with E-state index in [0.29, 0.717) is 42.1 Å². The first-order chi connectivity index (χ1) is 18.9. The van der Waals surface area contributed by atoms with Gasteiger partial charge in [-0.3, -0.25) is 9.59 Å². The Hall–Kier alpha value is -2.85. The molecule has 1 aliphatic rings. The van der Waals surface area contributed by atoms with Gasteiger partial charge in [-0.1, -0.05) is 55.5 Å². The summed E-state index contributed by atoms with van der Waals surface area (Å²) in [6, 6.07) is 13.5. The van der Waals surface area contributed by atoms with E-state index in [9.17, 15) is 19.1 Å². The number of amides is 1. The maximum absolute atomic E-state index is 14.2. The Bertz CT molecular complexity index is 1390. The Kier molecular flexibility index (Phi) is 9.61. The van der Waals surface area contributed by atoms with E-state index in [1.54, 1.807) is 49.5 Å². The molecule has 1 N–H and O–H groups in total. The molecule has 0 spiro atoms. The number of ether oxygens (including phenoxy) is 1. The quantitative estimate of drug-likeness (QED) is 0.252. The van der Waals surface area contributed by atoms with Crippen LogP contribution in [-0.2, 0) is 11.5 Å². The molecule has 0 aliphatic carbocycles. The molecular weight excluding hydrogens is 549 g/mol. The van der Waals surface area contributed by atoms with Gasteiger partial charge in [0.25, 0.3) is 5.91 Å². The third-order valence-corrected chi connectivity index (χ3v) is 9.26. The fraction of sp³-hybridized carbons (Fsp3) is 0.433. The van der Waals surface area contributed by atoms with Gasteiger partial charge in [0.05, 0.1) is 12.1 Å². The normalized spacial score (nSPS) is 17.2. The zero-order chi connectivity index (χ0) is 29.0. The van der Waals surface area contributed by atoms with Crippen LogP contribution in [0.25, 0.3) is 0 Å². The van der Waals surface area contributed by atoms with Gasteiger partial charge in [0.2, 0.25) is 5.43 Å². The van der Waals surface area contributed by atoms with Crippen molar-refractivity contribution >= 4 is 25.6 Å². The second-order valence-electron chi connectivity index (χ2n) is 11.7. The average molecular weight is 586 g/mol. The summed E-state index contributed by atoms with van der Waals surface area (Å²) in [5.41, 5.74) is 1.08. The number of rotatable bonds is 10. The van der Waals surface area contributed by atoms with Crippen molar-refractivity contribution in [1.29, 1.82) is 0 Å². The minimum Gasteiger partial charge on any atom is -0.390 e. The number of halogens is 2. The largest absolute Gasteiger partial charge is 0.390 e. The number of carbonyl (C=O) groups is 1. The lowest BCUT2D eigenvalue weighted by Crippen LogP contribution is -2.47. The third-order valence-electron chi connectivity index (χ3n) is 7.30. The van der Waals surface area contributed by atoms with Gasteiger partial charge in [0.1, 0.15) is 12.5 Å². The standard InChI is InChI=1S/C30H37ClFN3O4Si/c1-20-18-34(19-39-15-16-40(2,3)4)33-27(28(20)36)30(38)35-14-6-9-25(35)29(37)26(21-10-12-23(31)13-11-21)22-7-5-8-24(32)17-22/h5,7-8,10-13,17-18,25-26,29,37H,6,9,14-16,19H2,1-4H3/t25-,26+,29+/m1/s1. The number of aliphatic hydroxyl groups is 1. The number of benzene rings is 2. The molecule has 10 heteroatoms. The predicted molar refractivity (Wildman–Crippen MR) is 157 cm³/mol. The van der Waals surface area contributed by atoms with Crippen LogP contribution in [0.3, 0.4) is 0 Å². The number of hydrogen-bond donors (Lipinski definition) is 1. The number of aliphatic hydroxyl groups excluding tert-OH is 1. The van der Waals surface area contributed by atoms with Gasteiger partial charge in [-0.15, -0.1) is 0 Å². The van der Waals surface area contributed by atoms with E-state index in [0.717, 1.165) is 11.6 Å². The van der Waals surface area contributed by atoms with Crippen LogP contribution < -0.4 is 5.43 Å². The van der Waals surface area contributed by atoms with Gasteiger partial charge in [0.15, 0.2) is 5.69 Å². The second kappa shape index (κ2) is 12.8.